The molecule has 0 saturated heterocycles. The third kappa shape index (κ3) is 4.49. The second-order valence-electron chi connectivity index (χ2n) is 1.94. The summed E-state index contributed by atoms with van der Waals surface area (Å²) in [5, 5.41) is 0. The van der Waals surface area contributed by atoms with Gasteiger partial charge >= 0.3 is 0 Å². The van der Waals surface area contributed by atoms with E-state index in [1.54, 1.807) is 13.8 Å². The van der Waals surface area contributed by atoms with Crippen molar-refractivity contribution in [3.05, 3.63) is 11.6 Å². The zero-order chi connectivity index (χ0) is 9.40. The summed E-state index contributed by atoms with van der Waals surface area (Å²) in [4.78, 5) is 11.1. The van der Waals surface area contributed by atoms with Crippen LogP contribution >= 0.6 is 11.6 Å². The number of ether oxygens (including phenoxy) is 2. The minimum atomic E-state index is -0.810. The Balaban J connectivity index is 3.98. The van der Waals surface area contributed by atoms with E-state index in [9.17, 15) is 4.79 Å². The molecule has 0 aliphatic rings. The highest BCUT2D eigenvalue weighted by molar-refractivity contribution is 6.26. The van der Waals surface area contributed by atoms with Gasteiger partial charge in [-0.05, 0) is 19.9 Å². The van der Waals surface area contributed by atoms with Crippen LogP contribution in [0, 0.1) is 0 Å². The first kappa shape index (κ1) is 11.6. The van der Waals surface area contributed by atoms with Gasteiger partial charge in [0.05, 0.1) is 0 Å². The van der Waals surface area contributed by atoms with Crippen LogP contribution in [0.15, 0.2) is 11.6 Å². The number of rotatable bonds is 6. The molecular weight excluding hydrogens is 180 g/mol. The first-order valence-electron chi connectivity index (χ1n) is 3.80. The van der Waals surface area contributed by atoms with Gasteiger partial charge in [-0.25, -0.2) is 0 Å². The van der Waals surface area contributed by atoms with Gasteiger partial charge in [-0.15, -0.1) is 0 Å². The Morgan fingerprint density at radius 3 is 2.25 bits per heavy atom. The number of hydrogen-bond donors (Lipinski definition) is 0. The molecule has 0 atom stereocenters. The second kappa shape index (κ2) is 7.28. The summed E-state index contributed by atoms with van der Waals surface area (Å²) in [6, 6.07) is 0. The van der Waals surface area contributed by atoms with E-state index in [0.29, 0.717) is 13.2 Å². The molecule has 0 aliphatic carbocycles. The number of carbonyl (C=O) groups excluding carboxylic acids is 1. The minimum Gasteiger partial charge on any atom is -0.346 e. The summed E-state index contributed by atoms with van der Waals surface area (Å²) in [6.45, 7) is 4.46. The maximum atomic E-state index is 11.1. The molecule has 4 heteroatoms. The van der Waals surface area contributed by atoms with Crippen LogP contribution in [0.4, 0.5) is 0 Å². The number of halogens is 1. The molecule has 0 radical (unpaired) electrons. The van der Waals surface area contributed by atoms with Crippen molar-refractivity contribution < 1.29 is 14.3 Å². The molecule has 0 spiro atoms. The molecule has 0 amide bonds. The fourth-order valence-electron chi connectivity index (χ4n) is 0.656. The summed E-state index contributed by atoms with van der Waals surface area (Å²) < 4.78 is 10.0. The molecule has 0 unspecified atom stereocenters. The van der Waals surface area contributed by atoms with Crippen molar-refractivity contribution in [1.29, 1.82) is 0 Å². The van der Waals surface area contributed by atoms with E-state index >= 15 is 0 Å². The van der Waals surface area contributed by atoms with Gasteiger partial charge in [0.2, 0.25) is 12.1 Å². The van der Waals surface area contributed by atoms with Crippen LogP contribution < -0.4 is 0 Å². The van der Waals surface area contributed by atoms with E-state index in [-0.39, 0.29) is 5.78 Å². The molecular formula is C8H13ClO3. The summed E-state index contributed by atoms with van der Waals surface area (Å²) in [6.07, 6.45) is 0.410. The van der Waals surface area contributed by atoms with E-state index < -0.39 is 6.29 Å². The van der Waals surface area contributed by atoms with Gasteiger partial charge in [-0.1, -0.05) is 11.6 Å². The van der Waals surface area contributed by atoms with Gasteiger partial charge < -0.3 is 9.47 Å². The molecule has 3 nitrogen and oxygen atoms in total. The Hall–Kier alpha value is -0.380. The molecule has 12 heavy (non-hydrogen) atoms. The Kier molecular flexibility index (Phi) is 7.05. The van der Waals surface area contributed by atoms with Crippen LogP contribution in [0.2, 0.25) is 0 Å². The topological polar surface area (TPSA) is 35.5 Å². The van der Waals surface area contributed by atoms with Crippen LogP contribution in [-0.4, -0.2) is 25.3 Å². The lowest BCUT2D eigenvalue weighted by molar-refractivity contribution is -0.162. The predicted molar refractivity (Wildman–Crippen MR) is 47.0 cm³/mol. The highest BCUT2D eigenvalue weighted by Crippen LogP contribution is 1.98. The van der Waals surface area contributed by atoms with Crippen LogP contribution in [0.1, 0.15) is 13.8 Å². The van der Waals surface area contributed by atoms with E-state index in [1.807, 2.05) is 0 Å². The molecule has 0 heterocycles. The standard InChI is InChI=1S/C8H13ClO3/c1-3-11-8(12-4-2)7(10)5-6-9/h5-6,8H,3-4H2,1-2H3/b6-5+. The highest BCUT2D eigenvalue weighted by Gasteiger charge is 2.14. The largest absolute Gasteiger partial charge is 0.346 e. The van der Waals surface area contributed by atoms with Gasteiger partial charge in [0.1, 0.15) is 0 Å². The van der Waals surface area contributed by atoms with Crippen LogP contribution in [0.25, 0.3) is 0 Å². The summed E-state index contributed by atoms with van der Waals surface area (Å²) in [5.41, 5.74) is 1.15. The molecule has 0 aromatic rings. The monoisotopic (exact) mass is 192 g/mol. The lowest BCUT2D eigenvalue weighted by Gasteiger charge is -2.12. The summed E-state index contributed by atoms with van der Waals surface area (Å²) in [5.74, 6) is -0.270. The average molecular weight is 193 g/mol. The smallest absolute Gasteiger partial charge is 0.222 e. The maximum Gasteiger partial charge on any atom is 0.222 e. The number of ketones is 1. The Morgan fingerprint density at radius 1 is 1.42 bits per heavy atom. The van der Waals surface area contributed by atoms with Crippen molar-refractivity contribution in [2.75, 3.05) is 13.2 Å². The van der Waals surface area contributed by atoms with Crippen molar-refractivity contribution in [1.82, 2.24) is 0 Å². The van der Waals surface area contributed by atoms with Crippen molar-refractivity contribution >= 4 is 17.4 Å². The number of hydrogen-bond acceptors (Lipinski definition) is 3. The fourth-order valence-corrected chi connectivity index (χ4v) is 0.780. The fraction of sp³-hybridized carbons (Fsp3) is 0.625. The third-order valence-corrected chi connectivity index (χ3v) is 1.22. The second-order valence-corrected chi connectivity index (χ2v) is 2.19. The number of carbonyl (C=O) groups is 1. The molecule has 0 N–H and O–H groups in total. The van der Waals surface area contributed by atoms with E-state index in [2.05, 4.69) is 0 Å². The molecule has 70 valence electrons. The van der Waals surface area contributed by atoms with E-state index in [4.69, 9.17) is 21.1 Å². The van der Waals surface area contributed by atoms with Crippen molar-refractivity contribution in [2.24, 2.45) is 0 Å². The summed E-state index contributed by atoms with van der Waals surface area (Å²) >= 11 is 5.23. The van der Waals surface area contributed by atoms with Crippen LogP contribution in [0.5, 0.6) is 0 Å². The Bertz CT molecular complexity index is 150. The first-order valence-corrected chi connectivity index (χ1v) is 4.23. The molecule has 0 saturated carbocycles. The van der Waals surface area contributed by atoms with Gasteiger partial charge in [-0.2, -0.15) is 0 Å². The Labute approximate surface area is 77.3 Å². The molecule has 0 bridgehead atoms. The lowest BCUT2D eigenvalue weighted by atomic mass is 10.4. The zero-order valence-corrected chi connectivity index (χ0v) is 8.00. The van der Waals surface area contributed by atoms with Crippen LogP contribution in [0.3, 0.4) is 0 Å². The predicted octanol–water partition coefficient (Wildman–Crippen LogP) is 1.71. The van der Waals surface area contributed by atoms with Gasteiger partial charge in [0.15, 0.2) is 0 Å². The maximum absolute atomic E-state index is 11.1. The van der Waals surface area contributed by atoms with Gasteiger partial charge in [0.25, 0.3) is 0 Å². The highest BCUT2D eigenvalue weighted by atomic mass is 35.5. The molecule has 0 rings (SSSR count). The molecule has 0 aliphatic heterocycles. The average Bonchev–Trinajstić information content (AvgIpc) is 2.04. The first-order chi connectivity index (χ1) is 5.76. The Morgan fingerprint density at radius 2 is 1.92 bits per heavy atom. The normalized spacial score (nSPS) is 11.3. The quantitative estimate of drug-likeness (QED) is 0.475. The zero-order valence-electron chi connectivity index (χ0n) is 7.25. The van der Waals surface area contributed by atoms with Gasteiger partial charge in [0, 0.05) is 18.7 Å². The molecule has 0 aromatic carbocycles. The van der Waals surface area contributed by atoms with Crippen LogP contribution in [-0.2, 0) is 14.3 Å². The summed E-state index contributed by atoms with van der Waals surface area (Å²) in [7, 11) is 0. The van der Waals surface area contributed by atoms with Crippen molar-refractivity contribution in [3.8, 4) is 0 Å². The molecule has 0 aromatic heterocycles. The van der Waals surface area contributed by atoms with E-state index in [1.165, 1.54) is 6.08 Å². The minimum absolute atomic E-state index is 0.270. The third-order valence-electron chi connectivity index (χ3n) is 1.10. The molecule has 0 fully saturated rings. The van der Waals surface area contributed by atoms with Crippen molar-refractivity contribution in [3.63, 3.8) is 0 Å². The van der Waals surface area contributed by atoms with Crippen molar-refractivity contribution in [2.45, 2.75) is 20.1 Å². The SMILES string of the molecule is CCOC(OCC)C(=O)/C=C/Cl. The lowest BCUT2D eigenvalue weighted by Crippen LogP contribution is -2.25. The van der Waals surface area contributed by atoms with E-state index in [0.717, 1.165) is 5.54 Å². The van der Waals surface area contributed by atoms with Gasteiger partial charge in [-0.3, -0.25) is 4.79 Å².